The maximum atomic E-state index is 5.92. The molecule has 1 saturated heterocycles. The van der Waals surface area contributed by atoms with Crippen molar-refractivity contribution in [1.29, 1.82) is 0 Å². The van der Waals surface area contributed by atoms with Gasteiger partial charge < -0.3 is 14.6 Å². The van der Waals surface area contributed by atoms with E-state index < -0.39 is 0 Å². The Bertz CT molecular complexity index is 361. The van der Waals surface area contributed by atoms with Gasteiger partial charge in [-0.2, -0.15) is 0 Å². The summed E-state index contributed by atoms with van der Waals surface area (Å²) < 4.78 is 7.97. The van der Waals surface area contributed by atoms with Gasteiger partial charge in [-0.25, -0.2) is 0 Å². The van der Waals surface area contributed by atoms with E-state index in [2.05, 4.69) is 36.3 Å². The largest absolute Gasteiger partial charge is 0.371 e. The Kier molecular flexibility index (Phi) is 3.79. The Labute approximate surface area is 103 Å². The predicted molar refractivity (Wildman–Crippen MR) is 65.6 cm³/mol. The number of nitrogens with one attached hydrogen (secondary N) is 1. The standard InChI is InChI=1S/C12H22N4O/c1-4-16-9-14-15-11(16)8-13-7-10-5-6-12(2,3)17-10/h9-10,13H,4-8H2,1-3H3. The monoisotopic (exact) mass is 238 g/mol. The maximum absolute atomic E-state index is 5.92. The molecule has 1 aliphatic heterocycles. The van der Waals surface area contributed by atoms with E-state index in [-0.39, 0.29) is 5.60 Å². The number of aromatic nitrogens is 3. The highest BCUT2D eigenvalue weighted by Crippen LogP contribution is 2.28. The van der Waals surface area contributed by atoms with E-state index in [1.165, 1.54) is 0 Å². The van der Waals surface area contributed by atoms with Crippen LogP contribution in [0.3, 0.4) is 0 Å². The minimum absolute atomic E-state index is 0.0514. The van der Waals surface area contributed by atoms with Gasteiger partial charge >= 0.3 is 0 Å². The van der Waals surface area contributed by atoms with Gasteiger partial charge in [0.15, 0.2) is 0 Å². The topological polar surface area (TPSA) is 52.0 Å². The van der Waals surface area contributed by atoms with Gasteiger partial charge in [0.05, 0.1) is 18.2 Å². The molecule has 1 fully saturated rings. The molecule has 1 aromatic heterocycles. The van der Waals surface area contributed by atoms with Crippen LogP contribution in [-0.4, -0.2) is 33.0 Å². The van der Waals surface area contributed by atoms with Crippen molar-refractivity contribution in [3.05, 3.63) is 12.2 Å². The fraction of sp³-hybridized carbons (Fsp3) is 0.833. The van der Waals surface area contributed by atoms with Crippen LogP contribution in [0.4, 0.5) is 0 Å². The van der Waals surface area contributed by atoms with Crippen molar-refractivity contribution in [2.24, 2.45) is 0 Å². The Hall–Kier alpha value is -0.940. The second-order valence-electron chi connectivity index (χ2n) is 5.20. The van der Waals surface area contributed by atoms with Crippen LogP contribution in [0.15, 0.2) is 6.33 Å². The molecule has 96 valence electrons. The van der Waals surface area contributed by atoms with Gasteiger partial charge in [0.2, 0.25) is 0 Å². The van der Waals surface area contributed by atoms with Crippen LogP contribution in [0.25, 0.3) is 0 Å². The average molecular weight is 238 g/mol. The molecule has 2 rings (SSSR count). The quantitative estimate of drug-likeness (QED) is 0.841. The number of hydrogen-bond acceptors (Lipinski definition) is 4. The number of nitrogens with zero attached hydrogens (tertiary/aromatic N) is 3. The van der Waals surface area contributed by atoms with E-state index in [1.807, 2.05) is 4.57 Å². The van der Waals surface area contributed by atoms with Crippen LogP contribution in [0, 0.1) is 0 Å². The molecular weight excluding hydrogens is 216 g/mol. The van der Waals surface area contributed by atoms with Crippen molar-refractivity contribution >= 4 is 0 Å². The molecular formula is C12H22N4O. The summed E-state index contributed by atoms with van der Waals surface area (Å²) in [6, 6.07) is 0. The Balaban J connectivity index is 1.73. The Morgan fingerprint density at radius 1 is 1.59 bits per heavy atom. The Morgan fingerprint density at radius 2 is 2.41 bits per heavy atom. The first-order valence-electron chi connectivity index (χ1n) is 6.36. The molecule has 0 bridgehead atoms. The molecule has 0 radical (unpaired) electrons. The van der Waals surface area contributed by atoms with E-state index in [9.17, 15) is 0 Å². The van der Waals surface area contributed by atoms with Crippen molar-refractivity contribution in [3.63, 3.8) is 0 Å². The first-order chi connectivity index (χ1) is 8.11. The molecule has 0 spiro atoms. The van der Waals surface area contributed by atoms with E-state index >= 15 is 0 Å². The van der Waals surface area contributed by atoms with Crippen molar-refractivity contribution in [3.8, 4) is 0 Å². The maximum Gasteiger partial charge on any atom is 0.146 e. The van der Waals surface area contributed by atoms with Gasteiger partial charge in [-0.3, -0.25) is 0 Å². The summed E-state index contributed by atoms with van der Waals surface area (Å²) in [5.41, 5.74) is 0.0514. The lowest BCUT2D eigenvalue weighted by molar-refractivity contribution is -0.0143. The molecule has 17 heavy (non-hydrogen) atoms. The van der Waals surface area contributed by atoms with Crippen molar-refractivity contribution < 1.29 is 4.74 Å². The van der Waals surface area contributed by atoms with Crippen LogP contribution in [0.2, 0.25) is 0 Å². The highest BCUT2D eigenvalue weighted by atomic mass is 16.5. The lowest BCUT2D eigenvalue weighted by Gasteiger charge is -2.19. The van der Waals surface area contributed by atoms with Crippen LogP contribution in [0.1, 0.15) is 39.4 Å². The molecule has 1 aromatic rings. The van der Waals surface area contributed by atoms with Crippen LogP contribution >= 0.6 is 0 Å². The van der Waals surface area contributed by atoms with Gasteiger partial charge in [0.1, 0.15) is 12.2 Å². The third kappa shape index (κ3) is 3.26. The normalized spacial score (nSPS) is 23.1. The van der Waals surface area contributed by atoms with Gasteiger partial charge in [-0.1, -0.05) is 0 Å². The number of ether oxygens (including phenoxy) is 1. The molecule has 5 heteroatoms. The first kappa shape index (κ1) is 12.5. The molecule has 5 nitrogen and oxygen atoms in total. The molecule has 1 atom stereocenters. The highest BCUT2D eigenvalue weighted by Gasteiger charge is 2.31. The molecule has 0 aromatic carbocycles. The minimum atomic E-state index is 0.0514. The fourth-order valence-corrected chi connectivity index (χ4v) is 2.25. The summed E-state index contributed by atoms with van der Waals surface area (Å²) in [6.07, 6.45) is 4.39. The average Bonchev–Trinajstić information content (AvgIpc) is 2.85. The zero-order valence-corrected chi connectivity index (χ0v) is 10.9. The summed E-state index contributed by atoms with van der Waals surface area (Å²) >= 11 is 0. The molecule has 1 aliphatic rings. The van der Waals surface area contributed by atoms with Crippen molar-refractivity contribution in [1.82, 2.24) is 20.1 Å². The first-order valence-corrected chi connectivity index (χ1v) is 6.36. The minimum Gasteiger partial charge on any atom is -0.371 e. The van der Waals surface area contributed by atoms with Crippen molar-refractivity contribution in [2.45, 2.75) is 58.4 Å². The molecule has 0 saturated carbocycles. The molecule has 1 N–H and O–H groups in total. The zero-order chi connectivity index (χ0) is 12.3. The molecule has 0 aliphatic carbocycles. The molecule has 0 amide bonds. The summed E-state index contributed by atoms with van der Waals surface area (Å²) in [5, 5.41) is 11.4. The van der Waals surface area contributed by atoms with Gasteiger partial charge in [0.25, 0.3) is 0 Å². The summed E-state index contributed by atoms with van der Waals surface area (Å²) in [4.78, 5) is 0. The number of aryl methyl sites for hydroxylation is 1. The lowest BCUT2D eigenvalue weighted by atomic mass is 10.1. The third-order valence-electron chi connectivity index (χ3n) is 3.25. The van der Waals surface area contributed by atoms with E-state index in [0.29, 0.717) is 6.10 Å². The predicted octanol–water partition coefficient (Wildman–Crippen LogP) is 1.35. The molecule has 1 unspecified atom stereocenters. The van der Waals surface area contributed by atoms with Crippen molar-refractivity contribution in [2.75, 3.05) is 6.54 Å². The van der Waals surface area contributed by atoms with Gasteiger partial charge in [-0.15, -0.1) is 10.2 Å². The van der Waals surface area contributed by atoms with Crippen LogP contribution in [0.5, 0.6) is 0 Å². The second kappa shape index (κ2) is 5.14. The fourth-order valence-electron chi connectivity index (χ4n) is 2.25. The van der Waals surface area contributed by atoms with Crippen LogP contribution < -0.4 is 5.32 Å². The van der Waals surface area contributed by atoms with E-state index in [4.69, 9.17) is 4.74 Å². The highest BCUT2D eigenvalue weighted by molar-refractivity contribution is 4.86. The second-order valence-corrected chi connectivity index (χ2v) is 5.20. The Morgan fingerprint density at radius 3 is 3.06 bits per heavy atom. The van der Waals surface area contributed by atoms with Gasteiger partial charge in [-0.05, 0) is 33.6 Å². The lowest BCUT2D eigenvalue weighted by Crippen LogP contribution is -2.29. The smallest absolute Gasteiger partial charge is 0.146 e. The van der Waals surface area contributed by atoms with E-state index in [0.717, 1.165) is 38.3 Å². The zero-order valence-electron chi connectivity index (χ0n) is 10.9. The number of rotatable bonds is 5. The van der Waals surface area contributed by atoms with E-state index in [1.54, 1.807) is 6.33 Å². The summed E-state index contributed by atoms with van der Waals surface area (Å²) in [7, 11) is 0. The summed E-state index contributed by atoms with van der Waals surface area (Å²) in [5.74, 6) is 0.991. The summed E-state index contributed by atoms with van der Waals surface area (Å²) in [6.45, 7) is 8.96. The van der Waals surface area contributed by atoms with Gasteiger partial charge in [0, 0.05) is 13.1 Å². The SMILES string of the molecule is CCn1cnnc1CNCC1CCC(C)(C)O1. The third-order valence-corrected chi connectivity index (χ3v) is 3.25. The van der Waals surface area contributed by atoms with Crippen LogP contribution in [-0.2, 0) is 17.8 Å². The number of hydrogen-bond donors (Lipinski definition) is 1. The molecule has 2 heterocycles.